The van der Waals surface area contributed by atoms with Crippen LogP contribution < -0.4 is 10.6 Å². The Bertz CT molecular complexity index is 433. The SMILES string of the molecule is CCNC(=NCCN1CCCC(C)C1)NC1CCN(CC(F)(F)F)C1.I. The molecule has 0 radical (unpaired) electrons. The van der Waals surface area contributed by atoms with E-state index in [1.54, 1.807) is 0 Å². The molecular formula is C17H33F3IN5. The lowest BCUT2D eigenvalue weighted by Crippen LogP contribution is -2.45. The second kappa shape index (κ2) is 11.5. The van der Waals surface area contributed by atoms with Gasteiger partial charge in [0.1, 0.15) is 0 Å². The number of halogens is 4. The monoisotopic (exact) mass is 491 g/mol. The summed E-state index contributed by atoms with van der Waals surface area (Å²) in [4.78, 5) is 8.51. The van der Waals surface area contributed by atoms with Crippen LogP contribution in [0.4, 0.5) is 13.2 Å². The molecule has 0 aliphatic carbocycles. The second-order valence-electron chi connectivity index (χ2n) is 7.29. The molecule has 0 aromatic heterocycles. The van der Waals surface area contributed by atoms with Crippen LogP contribution in [0, 0.1) is 5.92 Å². The van der Waals surface area contributed by atoms with Crippen molar-refractivity contribution >= 4 is 29.9 Å². The maximum absolute atomic E-state index is 12.5. The zero-order valence-electron chi connectivity index (χ0n) is 15.8. The van der Waals surface area contributed by atoms with Gasteiger partial charge in [0.05, 0.1) is 13.1 Å². The van der Waals surface area contributed by atoms with Crippen LogP contribution in [-0.2, 0) is 0 Å². The van der Waals surface area contributed by atoms with E-state index in [9.17, 15) is 13.2 Å². The molecule has 26 heavy (non-hydrogen) atoms. The number of piperidine rings is 1. The first-order chi connectivity index (χ1) is 11.9. The maximum atomic E-state index is 12.5. The Morgan fingerprint density at radius 3 is 2.58 bits per heavy atom. The van der Waals surface area contributed by atoms with Crippen molar-refractivity contribution in [2.24, 2.45) is 10.9 Å². The zero-order chi connectivity index (χ0) is 18.3. The molecule has 2 aliphatic heterocycles. The van der Waals surface area contributed by atoms with Gasteiger partial charge in [0.25, 0.3) is 0 Å². The average Bonchev–Trinajstić information content (AvgIpc) is 2.92. The summed E-state index contributed by atoms with van der Waals surface area (Å²) >= 11 is 0. The minimum absolute atomic E-state index is 0. The molecule has 0 saturated carbocycles. The first-order valence-electron chi connectivity index (χ1n) is 9.42. The molecular weight excluding hydrogens is 458 g/mol. The van der Waals surface area contributed by atoms with Crippen LogP contribution in [0.5, 0.6) is 0 Å². The van der Waals surface area contributed by atoms with Crippen LogP contribution in [0.15, 0.2) is 4.99 Å². The van der Waals surface area contributed by atoms with Crippen LogP contribution >= 0.6 is 24.0 Å². The van der Waals surface area contributed by atoms with E-state index in [1.165, 1.54) is 17.7 Å². The molecule has 2 unspecified atom stereocenters. The largest absolute Gasteiger partial charge is 0.401 e. The van der Waals surface area contributed by atoms with Crippen LogP contribution in [0.1, 0.15) is 33.1 Å². The predicted molar refractivity (Wildman–Crippen MR) is 110 cm³/mol. The van der Waals surface area contributed by atoms with Gasteiger partial charge in [-0.05, 0) is 38.6 Å². The Hall–Kier alpha value is -0.290. The van der Waals surface area contributed by atoms with Gasteiger partial charge in [0.2, 0.25) is 0 Å². The smallest absolute Gasteiger partial charge is 0.357 e. The molecule has 0 aromatic rings. The summed E-state index contributed by atoms with van der Waals surface area (Å²) in [6, 6.07) is 0.0233. The van der Waals surface area contributed by atoms with Crippen molar-refractivity contribution in [3.63, 3.8) is 0 Å². The van der Waals surface area contributed by atoms with E-state index in [4.69, 9.17) is 0 Å². The highest BCUT2D eigenvalue weighted by Crippen LogP contribution is 2.20. The summed E-state index contributed by atoms with van der Waals surface area (Å²) in [5.41, 5.74) is 0. The summed E-state index contributed by atoms with van der Waals surface area (Å²) in [5.74, 6) is 1.47. The quantitative estimate of drug-likeness (QED) is 0.341. The lowest BCUT2D eigenvalue weighted by atomic mass is 10.0. The molecule has 2 N–H and O–H groups in total. The Labute approximate surface area is 172 Å². The third-order valence-electron chi connectivity index (χ3n) is 4.79. The lowest BCUT2D eigenvalue weighted by Gasteiger charge is -2.30. The molecule has 2 heterocycles. The van der Waals surface area contributed by atoms with Crippen molar-refractivity contribution < 1.29 is 13.2 Å². The van der Waals surface area contributed by atoms with Gasteiger partial charge in [-0.3, -0.25) is 9.89 Å². The molecule has 2 rings (SSSR count). The van der Waals surface area contributed by atoms with Crippen molar-refractivity contribution in [2.75, 3.05) is 52.4 Å². The third-order valence-corrected chi connectivity index (χ3v) is 4.79. The van der Waals surface area contributed by atoms with Gasteiger partial charge in [-0.25, -0.2) is 0 Å². The van der Waals surface area contributed by atoms with Crippen LogP contribution in [0.2, 0.25) is 0 Å². The van der Waals surface area contributed by atoms with E-state index < -0.39 is 12.7 Å². The van der Waals surface area contributed by atoms with Gasteiger partial charge in [-0.2, -0.15) is 13.2 Å². The van der Waals surface area contributed by atoms with E-state index in [2.05, 4.69) is 27.4 Å². The van der Waals surface area contributed by atoms with Gasteiger partial charge in [0, 0.05) is 38.8 Å². The highest BCUT2D eigenvalue weighted by Gasteiger charge is 2.34. The van der Waals surface area contributed by atoms with Gasteiger partial charge >= 0.3 is 6.18 Å². The number of nitrogens with zero attached hydrogens (tertiary/aromatic N) is 3. The molecule has 0 spiro atoms. The summed E-state index contributed by atoms with van der Waals surface area (Å²) in [6.45, 7) is 9.00. The number of rotatable bonds is 6. The van der Waals surface area contributed by atoms with Crippen molar-refractivity contribution in [2.45, 2.75) is 45.3 Å². The second-order valence-corrected chi connectivity index (χ2v) is 7.29. The van der Waals surface area contributed by atoms with Gasteiger partial charge in [-0.1, -0.05) is 6.92 Å². The number of aliphatic imine (C=N–C) groups is 1. The van der Waals surface area contributed by atoms with Crippen molar-refractivity contribution in [3.05, 3.63) is 0 Å². The van der Waals surface area contributed by atoms with Crippen molar-refractivity contribution in [3.8, 4) is 0 Å². The predicted octanol–water partition coefficient (Wildman–Crippen LogP) is 2.53. The van der Waals surface area contributed by atoms with Crippen LogP contribution in [0.3, 0.4) is 0 Å². The molecule has 0 bridgehead atoms. The number of nitrogens with one attached hydrogen (secondary N) is 2. The van der Waals surface area contributed by atoms with E-state index in [-0.39, 0.29) is 30.0 Å². The minimum atomic E-state index is -4.13. The number of guanidine groups is 1. The lowest BCUT2D eigenvalue weighted by molar-refractivity contribution is -0.143. The standard InChI is InChI=1S/C17H32F3N5.HI/c1-3-21-16(22-7-10-24-8-4-5-14(2)11-24)23-15-6-9-25(12-15)13-17(18,19)20;/h14-15H,3-13H2,1-2H3,(H2,21,22,23);1H. The fraction of sp³-hybridized carbons (Fsp3) is 0.941. The molecule has 9 heteroatoms. The Morgan fingerprint density at radius 1 is 1.15 bits per heavy atom. The summed E-state index contributed by atoms with van der Waals surface area (Å²) in [6.07, 6.45) is -0.858. The number of hydrogen-bond donors (Lipinski definition) is 2. The summed E-state index contributed by atoms with van der Waals surface area (Å²) in [7, 11) is 0. The van der Waals surface area contributed by atoms with E-state index in [0.29, 0.717) is 32.0 Å². The van der Waals surface area contributed by atoms with Gasteiger partial charge in [0.15, 0.2) is 5.96 Å². The fourth-order valence-electron chi connectivity index (χ4n) is 3.65. The topological polar surface area (TPSA) is 42.9 Å². The number of hydrogen-bond acceptors (Lipinski definition) is 3. The Kier molecular flexibility index (Phi) is 10.5. The fourth-order valence-corrected chi connectivity index (χ4v) is 3.65. The average molecular weight is 491 g/mol. The van der Waals surface area contributed by atoms with E-state index in [1.807, 2.05) is 6.92 Å². The normalized spacial score (nSPS) is 25.8. The molecule has 0 amide bonds. The third kappa shape index (κ3) is 9.07. The highest BCUT2D eigenvalue weighted by atomic mass is 127. The molecule has 2 aliphatic rings. The van der Waals surface area contributed by atoms with E-state index >= 15 is 0 Å². The van der Waals surface area contributed by atoms with Crippen molar-refractivity contribution in [1.29, 1.82) is 0 Å². The van der Waals surface area contributed by atoms with Crippen molar-refractivity contribution in [1.82, 2.24) is 20.4 Å². The van der Waals surface area contributed by atoms with Gasteiger partial charge in [-0.15, -0.1) is 24.0 Å². The molecule has 5 nitrogen and oxygen atoms in total. The minimum Gasteiger partial charge on any atom is -0.357 e. The number of alkyl halides is 3. The molecule has 154 valence electrons. The molecule has 2 atom stereocenters. The first kappa shape index (κ1) is 23.7. The molecule has 0 aromatic carbocycles. The highest BCUT2D eigenvalue weighted by molar-refractivity contribution is 14.0. The van der Waals surface area contributed by atoms with E-state index in [0.717, 1.165) is 32.1 Å². The Morgan fingerprint density at radius 2 is 1.92 bits per heavy atom. The summed E-state index contributed by atoms with van der Waals surface area (Å²) < 4.78 is 37.5. The maximum Gasteiger partial charge on any atom is 0.401 e. The van der Waals surface area contributed by atoms with Gasteiger partial charge < -0.3 is 15.5 Å². The molecule has 2 fully saturated rings. The zero-order valence-corrected chi connectivity index (χ0v) is 18.1. The van der Waals surface area contributed by atoms with Crippen LogP contribution in [0.25, 0.3) is 0 Å². The van der Waals surface area contributed by atoms with Crippen LogP contribution in [-0.4, -0.2) is 80.3 Å². The Balaban J connectivity index is 0.00000338. The first-order valence-corrected chi connectivity index (χ1v) is 9.42. The number of likely N-dealkylation sites (tertiary alicyclic amines) is 2. The summed E-state index contributed by atoms with van der Waals surface area (Å²) in [5, 5.41) is 6.49. The molecule has 2 saturated heterocycles.